The van der Waals surface area contributed by atoms with Gasteiger partial charge < -0.3 is 5.11 Å². The van der Waals surface area contributed by atoms with E-state index >= 15 is 0 Å². The Kier molecular flexibility index (Phi) is 3.21. The summed E-state index contributed by atoms with van der Waals surface area (Å²) >= 11 is 0. The molecule has 1 heterocycles. The Hall–Kier alpha value is -1.09. The second-order valence-electron chi connectivity index (χ2n) is 4.28. The molecule has 15 heavy (non-hydrogen) atoms. The number of nitrogens with one attached hydrogen (secondary N) is 1. The standard InChI is InChI=1S/C12H18N2O/c1-2-3-11(15)7-9-4-5-12-10(6-9)8-13-14-12/h5-6,8-9,11,14-15H,2-4,7H2,1H3/t9?,11-/m0/s1. The lowest BCUT2D eigenvalue weighted by Crippen LogP contribution is -2.28. The fraction of sp³-hybridized carbons (Fsp3) is 0.583. The van der Waals surface area contributed by atoms with Crippen molar-refractivity contribution in [3.05, 3.63) is 16.8 Å². The van der Waals surface area contributed by atoms with Gasteiger partial charge in [-0.05, 0) is 25.2 Å². The predicted molar refractivity (Wildman–Crippen MR) is 60.4 cm³/mol. The highest BCUT2D eigenvalue weighted by atomic mass is 16.3. The fourth-order valence-electron chi connectivity index (χ4n) is 2.16. The molecule has 0 aliphatic heterocycles. The molecule has 1 unspecified atom stereocenters. The maximum absolute atomic E-state index is 9.74. The Labute approximate surface area is 89.5 Å². The SMILES string of the molecule is CCC[C@H](O)CC1C=c2cn[nH]c2=CC1. The van der Waals surface area contributed by atoms with Crippen molar-refractivity contribution in [1.29, 1.82) is 0 Å². The van der Waals surface area contributed by atoms with Gasteiger partial charge in [0.25, 0.3) is 0 Å². The van der Waals surface area contributed by atoms with E-state index in [2.05, 4.69) is 29.3 Å². The summed E-state index contributed by atoms with van der Waals surface area (Å²) in [5, 5.41) is 19.0. The molecule has 0 spiro atoms. The summed E-state index contributed by atoms with van der Waals surface area (Å²) in [6.45, 7) is 2.11. The van der Waals surface area contributed by atoms with Crippen LogP contribution in [0.5, 0.6) is 0 Å². The van der Waals surface area contributed by atoms with Gasteiger partial charge in [-0.15, -0.1) is 0 Å². The third-order valence-corrected chi connectivity index (χ3v) is 2.94. The van der Waals surface area contributed by atoms with Crippen LogP contribution >= 0.6 is 0 Å². The van der Waals surface area contributed by atoms with Gasteiger partial charge in [0.05, 0.1) is 17.6 Å². The number of aromatic amines is 1. The summed E-state index contributed by atoms with van der Waals surface area (Å²) in [5.41, 5.74) is 0. The van der Waals surface area contributed by atoms with Crippen molar-refractivity contribution in [2.24, 2.45) is 5.92 Å². The summed E-state index contributed by atoms with van der Waals surface area (Å²) in [7, 11) is 0. The van der Waals surface area contributed by atoms with E-state index in [1.54, 1.807) is 0 Å². The van der Waals surface area contributed by atoms with Crippen LogP contribution in [-0.2, 0) is 0 Å². The number of aliphatic hydroxyl groups is 1. The summed E-state index contributed by atoms with van der Waals surface area (Å²) in [6, 6.07) is 0. The molecule has 1 aliphatic rings. The molecular weight excluding hydrogens is 188 g/mol. The zero-order chi connectivity index (χ0) is 10.7. The Morgan fingerprint density at radius 2 is 2.53 bits per heavy atom. The van der Waals surface area contributed by atoms with Crippen LogP contribution in [0.15, 0.2) is 6.20 Å². The van der Waals surface area contributed by atoms with E-state index in [-0.39, 0.29) is 6.10 Å². The average molecular weight is 206 g/mol. The summed E-state index contributed by atoms with van der Waals surface area (Å²) in [5.74, 6) is 0.469. The Morgan fingerprint density at radius 1 is 1.67 bits per heavy atom. The van der Waals surface area contributed by atoms with Gasteiger partial charge >= 0.3 is 0 Å². The van der Waals surface area contributed by atoms with E-state index < -0.39 is 0 Å². The lowest BCUT2D eigenvalue weighted by Gasteiger charge is -2.16. The summed E-state index contributed by atoms with van der Waals surface area (Å²) in [6.07, 6.45) is 9.92. The molecular formula is C12H18N2O. The molecule has 0 fully saturated rings. The van der Waals surface area contributed by atoms with Gasteiger partial charge in [-0.3, -0.25) is 5.10 Å². The molecule has 2 atom stereocenters. The minimum absolute atomic E-state index is 0.155. The normalized spacial score (nSPS) is 21.3. The molecule has 0 amide bonds. The van der Waals surface area contributed by atoms with Crippen molar-refractivity contribution >= 4 is 12.2 Å². The summed E-state index contributed by atoms with van der Waals surface area (Å²) < 4.78 is 0. The topological polar surface area (TPSA) is 48.9 Å². The van der Waals surface area contributed by atoms with Gasteiger partial charge in [-0.25, -0.2) is 0 Å². The van der Waals surface area contributed by atoms with Crippen LogP contribution < -0.4 is 10.6 Å². The van der Waals surface area contributed by atoms with Crippen molar-refractivity contribution in [3.8, 4) is 0 Å². The number of rotatable bonds is 4. The molecule has 2 rings (SSSR count). The van der Waals surface area contributed by atoms with Gasteiger partial charge in [-0.1, -0.05) is 25.5 Å². The first kappa shape index (κ1) is 10.4. The van der Waals surface area contributed by atoms with Crippen molar-refractivity contribution in [3.63, 3.8) is 0 Å². The zero-order valence-corrected chi connectivity index (χ0v) is 9.11. The van der Waals surface area contributed by atoms with Crippen molar-refractivity contribution in [2.45, 2.75) is 38.7 Å². The molecule has 1 aliphatic carbocycles. The van der Waals surface area contributed by atoms with E-state index in [1.807, 2.05) is 6.20 Å². The first-order chi connectivity index (χ1) is 7.29. The molecule has 0 radical (unpaired) electrons. The number of H-pyrrole nitrogens is 1. The average Bonchev–Trinajstić information content (AvgIpc) is 2.65. The van der Waals surface area contributed by atoms with Gasteiger partial charge in [0.2, 0.25) is 0 Å². The van der Waals surface area contributed by atoms with Crippen molar-refractivity contribution < 1.29 is 5.11 Å². The quantitative estimate of drug-likeness (QED) is 0.755. The van der Waals surface area contributed by atoms with E-state index in [0.717, 1.165) is 31.0 Å². The van der Waals surface area contributed by atoms with Crippen LogP contribution in [0.1, 0.15) is 32.6 Å². The maximum Gasteiger partial charge on any atom is 0.0607 e. The monoisotopic (exact) mass is 206 g/mol. The highest BCUT2D eigenvalue weighted by Crippen LogP contribution is 2.17. The zero-order valence-electron chi connectivity index (χ0n) is 9.11. The fourth-order valence-corrected chi connectivity index (χ4v) is 2.16. The van der Waals surface area contributed by atoms with Crippen LogP contribution in [0.25, 0.3) is 12.2 Å². The molecule has 0 saturated heterocycles. The molecule has 1 aromatic heterocycles. The van der Waals surface area contributed by atoms with E-state index in [9.17, 15) is 5.11 Å². The number of hydrogen-bond acceptors (Lipinski definition) is 2. The Morgan fingerprint density at radius 3 is 3.33 bits per heavy atom. The van der Waals surface area contributed by atoms with Crippen LogP contribution in [0.2, 0.25) is 0 Å². The van der Waals surface area contributed by atoms with Gasteiger partial charge in [0, 0.05) is 5.22 Å². The lowest BCUT2D eigenvalue weighted by atomic mass is 9.92. The predicted octanol–water partition coefficient (Wildman–Crippen LogP) is 0.542. The van der Waals surface area contributed by atoms with Crippen LogP contribution in [0.3, 0.4) is 0 Å². The van der Waals surface area contributed by atoms with E-state index in [1.165, 1.54) is 5.22 Å². The molecule has 2 N–H and O–H groups in total. The molecule has 3 nitrogen and oxygen atoms in total. The van der Waals surface area contributed by atoms with Crippen molar-refractivity contribution in [1.82, 2.24) is 10.2 Å². The van der Waals surface area contributed by atoms with Crippen LogP contribution in [-0.4, -0.2) is 21.4 Å². The van der Waals surface area contributed by atoms with Gasteiger partial charge in [0.15, 0.2) is 0 Å². The Balaban J connectivity index is 2.03. The van der Waals surface area contributed by atoms with Gasteiger partial charge in [0.1, 0.15) is 0 Å². The van der Waals surface area contributed by atoms with Crippen molar-refractivity contribution in [2.75, 3.05) is 0 Å². The summed E-state index contributed by atoms with van der Waals surface area (Å²) in [4.78, 5) is 0. The number of fused-ring (bicyclic) bond motifs is 1. The molecule has 0 aromatic carbocycles. The second kappa shape index (κ2) is 4.62. The number of hydrogen-bond donors (Lipinski definition) is 2. The highest BCUT2D eigenvalue weighted by molar-refractivity contribution is 5.37. The molecule has 82 valence electrons. The van der Waals surface area contributed by atoms with Crippen LogP contribution in [0, 0.1) is 5.92 Å². The first-order valence-corrected chi connectivity index (χ1v) is 5.69. The molecule has 0 bridgehead atoms. The third-order valence-electron chi connectivity index (χ3n) is 2.94. The third kappa shape index (κ3) is 2.48. The number of aliphatic hydroxyl groups excluding tert-OH is 1. The second-order valence-corrected chi connectivity index (χ2v) is 4.28. The largest absolute Gasteiger partial charge is 0.393 e. The first-order valence-electron chi connectivity index (χ1n) is 5.69. The smallest absolute Gasteiger partial charge is 0.0607 e. The molecule has 1 aromatic rings. The number of aromatic nitrogens is 2. The van der Waals surface area contributed by atoms with E-state index in [0.29, 0.717) is 5.92 Å². The molecule has 0 saturated carbocycles. The Bertz CT molecular complexity index is 421. The van der Waals surface area contributed by atoms with Crippen LogP contribution in [0.4, 0.5) is 0 Å². The number of nitrogens with zero attached hydrogens (tertiary/aromatic N) is 1. The maximum atomic E-state index is 9.74. The van der Waals surface area contributed by atoms with Gasteiger partial charge in [-0.2, -0.15) is 5.10 Å². The highest BCUT2D eigenvalue weighted by Gasteiger charge is 2.13. The minimum atomic E-state index is -0.155. The molecule has 3 heteroatoms. The van der Waals surface area contributed by atoms with E-state index in [4.69, 9.17) is 0 Å². The lowest BCUT2D eigenvalue weighted by molar-refractivity contribution is 0.143. The minimum Gasteiger partial charge on any atom is -0.393 e.